The molecule has 104 valence electrons. The van der Waals surface area contributed by atoms with Gasteiger partial charge in [-0.15, -0.1) is 0 Å². The molecular weight excluding hydrogens is 246 g/mol. The van der Waals surface area contributed by atoms with Gasteiger partial charge in [-0.2, -0.15) is 0 Å². The highest BCUT2D eigenvalue weighted by atomic mass is 16.6. The highest BCUT2D eigenvalue weighted by Crippen LogP contribution is 2.25. The van der Waals surface area contributed by atoms with Gasteiger partial charge in [-0.3, -0.25) is 15.0 Å². The second-order valence-corrected chi connectivity index (χ2v) is 5.05. The van der Waals surface area contributed by atoms with Crippen molar-refractivity contribution in [2.75, 3.05) is 25.4 Å². The van der Waals surface area contributed by atoms with Crippen LogP contribution in [0.5, 0.6) is 0 Å². The van der Waals surface area contributed by atoms with Crippen molar-refractivity contribution in [1.29, 1.82) is 0 Å². The summed E-state index contributed by atoms with van der Waals surface area (Å²) in [6.45, 7) is 2.84. The molecule has 1 aliphatic rings. The summed E-state index contributed by atoms with van der Waals surface area (Å²) in [6.07, 6.45) is 1.91. The van der Waals surface area contributed by atoms with E-state index in [9.17, 15) is 10.1 Å². The second-order valence-electron chi connectivity index (χ2n) is 5.05. The Morgan fingerprint density at radius 1 is 1.53 bits per heavy atom. The van der Waals surface area contributed by atoms with Crippen molar-refractivity contribution in [3.05, 3.63) is 33.9 Å². The van der Waals surface area contributed by atoms with Gasteiger partial charge in [0.1, 0.15) is 5.69 Å². The topological polar surface area (TPSA) is 92.6 Å². The first kappa shape index (κ1) is 13.8. The standard InChI is InChI=1S/C13H19N3O3/c14-12-2-1-11(7-13(12)16(18)19)9-15-5-3-10(8-15)4-6-17/h1-2,7,10,17H,3-6,8-9,14H2. The normalized spacial score (nSPS) is 19.7. The second kappa shape index (κ2) is 5.99. The van der Waals surface area contributed by atoms with Crippen LogP contribution in [0.2, 0.25) is 0 Å². The molecular formula is C13H19N3O3. The van der Waals surface area contributed by atoms with E-state index in [1.165, 1.54) is 0 Å². The molecule has 1 aromatic carbocycles. The average molecular weight is 265 g/mol. The van der Waals surface area contributed by atoms with E-state index in [1.807, 2.05) is 6.07 Å². The fourth-order valence-corrected chi connectivity index (χ4v) is 2.58. The van der Waals surface area contributed by atoms with Crippen LogP contribution in [-0.2, 0) is 6.54 Å². The minimum Gasteiger partial charge on any atom is -0.396 e. The maximum Gasteiger partial charge on any atom is 0.292 e. The van der Waals surface area contributed by atoms with E-state index < -0.39 is 4.92 Å². The lowest BCUT2D eigenvalue weighted by molar-refractivity contribution is -0.384. The number of nitrogens with zero attached hydrogens (tertiary/aromatic N) is 2. The van der Waals surface area contributed by atoms with Crippen LogP contribution in [-0.4, -0.2) is 34.6 Å². The number of hydrogen-bond acceptors (Lipinski definition) is 5. The molecule has 1 fully saturated rings. The summed E-state index contributed by atoms with van der Waals surface area (Å²) in [5.41, 5.74) is 6.66. The van der Waals surface area contributed by atoms with Crippen LogP contribution in [0.1, 0.15) is 18.4 Å². The van der Waals surface area contributed by atoms with E-state index in [1.54, 1.807) is 12.1 Å². The van der Waals surface area contributed by atoms with Gasteiger partial charge in [0.15, 0.2) is 0 Å². The lowest BCUT2D eigenvalue weighted by Gasteiger charge is -2.16. The van der Waals surface area contributed by atoms with E-state index in [0.717, 1.165) is 31.5 Å². The molecule has 0 bridgehead atoms. The van der Waals surface area contributed by atoms with Crippen molar-refractivity contribution in [2.24, 2.45) is 5.92 Å². The highest BCUT2D eigenvalue weighted by molar-refractivity contribution is 5.59. The van der Waals surface area contributed by atoms with Crippen molar-refractivity contribution >= 4 is 11.4 Å². The zero-order chi connectivity index (χ0) is 13.8. The Morgan fingerprint density at radius 2 is 2.32 bits per heavy atom. The molecule has 0 aromatic heterocycles. The SMILES string of the molecule is Nc1ccc(CN2CCC(CCO)C2)cc1[N+](=O)[O-]. The number of nitrogens with two attached hydrogens (primary N) is 1. The molecule has 1 unspecified atom stereocenters. The summed E-state index contributed by atoms with van der Waals surface area (Å²) in [7, 11) is 0. The van der Waals surface area contributed by atoms with Crippen LogP contribution in [0.25, 0.3) is 0 Å². The highest BCUT2D eigenvalue weighted by Gasteiger charge is 2.22. The number of aliphatic hydroxyl groups excluding tert-OH is 1. The molecule has 19 heavy (non-hydrogen) atoms. The summed E-state index contributed by atoms with van der Waals surface area (Å²) in [6, 6.07) is 4.98. The van der Waals surface area contributed by atoms with Crippen molar-refractivity contribution in [3.63, 3.8) is 0 Å². The third kappa shape index (κ3) is 3.42. The molecule has 0 amide bonds. The Labute approximate surface area is 112 Å². The smallest absolute Gasteiger partial charge is 0.292 e. The minimum absolute atomic E-state index is 0.0244. The fraction of sp³-hybridized carbons (Fsp3) is 0.538. The van der Waals surface area contributed by atoms with E-state index in [4.69, 9.17) is 10.8 Å². The molecule has 1 saturated heterocycles. The van der Waals surface area contributed by atoms with Gasteiger partial charge < -0.3 is 10.8 Å². The first-order valence-electron chi connectivity index (χ1n) is 6.46. The summed E-state index contributed by atoms with van der Waals surface area (Å²) < 4.78 is 0. The summed E-state index contributed by atoms with van der Waals surface area (Å²) in [4.78, 5) is 12.6. The Morgan fingerprint density at radius 3 is 3.00 bits per heavy atom. The molecule has 1 heterocycles. The summed E-state index contributed by atoms with van der Waals surface area (Å²) >= 11 is 0. The van der Waals surface area contributed by atoms with E-state index in [0.29, 0.717) is 12.5 Å². The number of likely N-dealkylation sites (tertiary alicyclic amines) is 1. The number of nitrogen functional groups attached to an aromatic ring is 1. The Kier molecular flexibility index (Phi) is 4.34. The van der Waals surface area contributed by atoms with Crippen molar-refractivity contribution in [1.82, 2.24) is 4.90 Å². The van der Waals surface area contributed by atoms with E-state index in [-0.39, 0.29) is 18.0 Å². The maximum absolute atomic E-state index is 10.8. The molecule has 0 saturated carbocycles. The van der Waals surface area contributed by atoms with Crippen molar-refractivity contribution in [3.8, 4) is 0 Å². The van der Waals surface area contributed by atoms with Crippen LogP contribution < -0.4 is 5.73 Å². The Hall–Kier alpha value is -1.66. The zero-order valence-corrected chi connectivity index (χ0v) is 10.8. The lowest BCUT2D eigenvalue weighted by Crippen LogP contribution is -2.20. The van der Waals surface area contributed by atoms with Gasteiger partial charge in [-0.1, -0.05) is 6.07 Å². The van der Waals surface area contributed by atoms with Crippen LogP contribution in [0.15, 0.2) is 18.2 Å². The van der Waals surface area contributed by atoms with Gasteiger partial charge >= 0.3 is 0 Å². The number of hydrogen-bond donors (Lipinski definition) is 2. The number of nitro groups is 1. The van der Waals surface area contributed by atoms with Crippen LogP contribution in [0, 0.1) is 16.0 Å². The predicted molar refractivity (Wildman–Crippen MR) is 72.6 cm³/mol. The van der Waals surface area contributed by atoms with E-state index >= 15 is 0 Å². The molecule has 6 heteroatoms. The molecule has 1 aromatic rings. The van der Waals surface area contributed by atoms with Crippen LogP contribution in [0.4, 0.5) is 11.4 Å². The fourth-order valence-electron chi connectivity index (χ4n) is 2.58. The van der Waals surface area contributed by atoms with Crippen LogP contribution in [0.3, 0.4) is 0 Å². The summed E-state index contributed by atoms with van der Waals surface area (Å²) in [5.74, 6) is 0.536. The minimum atomic E-state index is -0.447. The number of aliphatic hydroxyl groups is 1. The maximum atomic E-state index is 10.8. The van der Waals surface area contributed by atoms with Crippen molar-refractivity contribution in [2.45, 2.75) is 19.4 Å². The molecule has 2 rings (SSSR count). The number of benzene rings is 1. The van der Waals surface area contributed by atoms with Gasteiger partial charge in [-0.25, -0.2) is 0 Å². The third-order valence-corrected chi connectivity index (χ3v) is 3.61. The Balaban J connectivity index is 2.00. The molecule has 0 spiro atoms. The van der Waals surface area contributed by atoms with Crippen LogP contribution >= 0.6 is 0 Å². The molecule has 3 N–H and O–H groups in total. The third-order valence-electron chi connectivity index (χ3n) is 3.61. The van der Waals surface area contributed by atoms with Gasteiger partial charge in [0.2, 0.25) is 0 Å². The average Bonchev–Trinajstić information content (AvgIpc) is 2.79. The zero-order valence-electron chi connectivity index (χ0n) is 10.8. The molecule has 1 aliphatic heterocycles. The summed E-state index contributed by atoms with van der Waals surface area (Å²) in [5, 5.41) is 19.8. The number of rotatable bonds is 5. The Bertz CT molecular complexity index is 464. The van der Waals surface area contributed by atoms with Gasteiger partial charge in [0, 0.05) is 25.8 Å². The molecule has 1 atom stereocenters. The lowest BCUT2D eigenvalue weighted by atomic mass is 10.1. The molecule has 0 aliphatic carbocycles. The first-order valence-corrected chi connectivity index (χ1v) is 6.46. The first-order chi connectivity index (χ1) is 9.10. The largest absolute Gasteiger partial charge is 0.396 e. The van der Waals surface area contributed by atoms with E-state index in [2.05, 4.69) is 4.90 Å². The molecule has 0 radical (unpaired) electrons. The molecule has 6 nitrogen and oxygen atoms in total. The quantitative estimate of drug-likeness (QED) is 0.476. The number of nitro benzene ring substituents is 1. The monoisotopic (exact) mass is 265 g/mol. The van der Waals surface area contributed by atoms with Gasteiger partial charge in [0.05, 0.1) is 4.92 Å². The van der Waals surface area contributed by atoms with Crippen molar-refractivity contribution < 1.29 is 10.0 Å². The predicted octanol–water partition coefficient (Wildman–Crippen LogP) is 1.38. The van der Waals surface area contributed by atoms with Gasteiger partial charge in [-0.05, 0) is 36.9 Å². The van der Waals surface area contributed by atoms with Gasteiger partial charge in [0.25, 0.3) is 5.69 Å². The number of anilines is 1.